The summed E-state index contributed by atoms with van der Waals surface area (Å²) < 4.78 is 6.00. The second-order valence-corrected chi connectivity index (χ2v) is 5.47. The number of hydrogen-bond acceptors (Lipinski definition) is 4. The Morgan fingerprint density at radius 3 is 2.52 bits per heavy atom. The molecule has 1 aliphatic rings. The summed E-state index contributed by atoms with van der Waals surface area (Å²) in [7, 11) is 0. The molecule has 118 valence electrons. The monoisotopic (exact) mass is 310 g/mol. The van der Waals surface area contributed by atoms with Crippen LogP contribution in [0.15, 0.2) is 54.6 Å². The van der Waals surface area contributed by atoms with E-state index in [1.54, 1.807) is 24.3 Å². The van der Waals surface area contributed by atoms with Crippen LogP contribution in [0.25, 0.3) is 0 Å². The Morgan fingerprint density at radius 1 is 1.17 bits per heavy atom. The van der Waals surface area contributed by atoms with Crippen LogP contribution in [0.4, 0.5) is 0 Å². The lowest BCUT2D eigenvalue weighted by molar-refractivity contribution is -0.310. The van der Waals surface area contributed by atoms with Gasteiger partial charge in [0.1, 0.15) is 11.9 Å². The highest BCUT2D eigenvalue weighted by molar-refractivity contribution is 5.99. The van der Waals surface area contributed by atoms with Crippen molar-refractivity contribution in [2.45, 2.75) is 19.1 Å². The molecular weight excluding hydrogens is 294 g/mol. The fraction of sp³-hybridized carbons (Fsp3) is 0.222. The molecule has 1 heterocycles. The first-order chi connectivity index (χ1) is 11.1. The van der Waals surface area contributed by atoms with Crippen LogP contribution in [-0.2, 0) is 4.79 Å². The van der Waals surface area contributed by atoms with Crippen molar-refractivity contribution in [2.24, 2.45) is 0 Å². The van der Waals surface area contributed by atoms with Crippen molar-refractivity contribution in [2.75, 3.05) is 6.54 Å². The molecule has 2 unspecified atom stereocenters. The number of fused-ring (bicyclic) bond motifs is 1. The third kappa shape index (κ3) is 2.90. The van der Waals surface area contributed by atoms with E-state index in [9.17, 15) is 14.7 Å². The Labute approximate surface area is 134 Å². The summed E-state index contributed by atoms with van der Waals surface area (Å²) in [4.78, 5) is 25.3. The number of rotatable bonds is 3. The second kappa shape index (κ2) is 6.12. The van der Waals surface area contributed by atoms with E-state index in [0.717, 1.165) is 5.56 Å². The van der Waals surface area contributed by atoms with E-state index in [1.807, 2.05) is 30.3 Å². The van der Waals surface area contributed by atoms with E-state index in [0.29, 0.717) is 11.3 Å². The summed E-state index contributed by atoms with van der Waals surface area (Å²) in [5, 5.41) is 11.3. The third-order valence-corrected chi connectivity index (χ3v) is 3.99. The van der Waals surface area contributed by atoms with Gasteiger partial charge in [-0.05, 0) is 24.6 Å². The van der Waals surface area contributed by atoms with Crippen LogP contribution in [-0.4, -0.2) is 29.4 Å². The lowest BCUT2D eigenvalue weighted by atomic mass is 10.1. The van der Waals surface area contributed by atoms with Crippen LogP contribution in [0.1, 0.15) is 28.9 Å². The van der Waals surface area contributed by atoms with Crippen molar-refractivity contribution < 1.29 is 19.4 Å². The average molecular weight is 310 g/mol. The van der Waals surface area contributed by atoms with Crippen LogP contribution in [0.5, 0.6) is 5.75 Å². The normalized spacial score (nSPS) is 18.6. The number of amides is 1. The Balaban J connectivity index is 2.05. The van der Waals surface area contributed by atoms with Crippen LogP contribution in [0, 0.1) is 0 Å². The Kier molecular flexibility index (Phi) is 4.02. The predicted octanol–water partition coefficient (Wildman–Crippen LogP) is 1.40. The van der Waals surface area contributed by atoms with E-state index in [4.69, 9.17) is 4.74 Å². The number of ether oxygens (including phenoxy) is 1. The zero-order chi connectivity index (χ0) is 16.4. The van der Waals surface area contributed by atoms with Gasteiger partial charge in [0.25, 0.3) is 5.91 Å². The summed E-state index contributed by atoms with van der Waals surface area (Å²) >= 11 is 0. The molecule has 0 spiro atoms. The first kappa shape index (κ1) is 15.1. The molecule has 5 heteroatoms. The average Bonchev–Trinajstić information content (AvgIpc) is 2.72. The summed E-state index contributed by atoms with van der Waals surface area (Å²) in [6.45, 7) is 1.59. The van der Waals surface area contributed by atoms with E-state index in [-0.39, 0.29) is 12.5 Å². The molecular formula is C18H16NO4-. The van der Waals surface area contributed by atoms with Crippen molar-refractivity contribution in [1.82, 2.24) is 4.90 Å². The maximum absolute atomic E-state index is 12.7. The van der Waals surface area contributed by atoms with Crippen LogP contribution in [0.2, 0.25) is 0 Å². The van der Waals surface area contributed by atoms with Crippen molar-refractivity contribution in [3.05, 3.63) is 65.7 Å². The summed E-state index contributed by atoms with van der Waals surface area (Å²) in [6.07, 6.45) is -0.439. The molecule has 3 rings (SSSR count). The minimum absolute atomic E-state index is 0.146. The van der Waals surface area contributed by atoms with Crippen molar-refractivity contribution >= 4 is 11.9 Å². The van der Waals surface area contributed by atoms with Gasteiger partial charge in [0.05, 0.1) is 24.1 Å². The van der Waals surface area contributed by atoms with E-state index in [1.165, 1.54) is 11.8 Å². The Hall–Kier alpha value is -2.82. The van der Waals surface area contributed by atoms with Crippen LogP contribution < -0.4 is 9.84 Å². The molecule has 0 fully saturated rings. The minimum atomic E-state index is -1.29. The fourth-order valence-electron chi connectivity index (χ4n) is 2.66. The molecule has 5 nitrogen and oxygen atoms in total. The van der Waals surface area contributed by atoms with Crippen molar-refractivity contribution in [3.63, 3.8) is 0 Å². The molecule has 0 aromatic heterocycles. The highest BCUT2D eigenvalue weighted by Crippen LogP contribution is 2.31. The van der Waals surface area contributed by atoms with Crippen LogP contribution in [0.3, 0.4) is 0 Å². The topological polar surface area (TPSA) is 69.7 Å². The van der Waals surface area contributed by atoms with Gasteiger partial charge in [0.2, 0.25) is 0 Å². The SMILES string of the molecule is CC(C(=O)[O-])N1CC(c2ccccc2)Oc2ccccc2C1=O. The van der Waals surface area contributed by atoms with Crippen molar-refractivity contribution in [1.29, 1.82) is 0 Å². The van der Waals surface area contributed by atoms with Gasteiger partial charge >= 0.3 is 0 Å². The van der Waals surface area contributed by atoms with Gasteiger partial charge in [0.15, 0.2) is 0 Å². The summed E-state index contributed by atoms with van der Waals surface area (Å²) in [6, 6.07) is 15.3. The summed E-state index contributed by atoms with van der Waals surface area (Å²) in [5.74, 6) is -1.19. The number of carbonyl (C=O) groups is 2. The fourth-order valence-corrected chi connectivity index (χ4v) is 2.66. The maximum atomic E-state index is 12.7. The third-order valence-electron chi connectivity index (χ3n) is 3.99. The van der Waals surface area contributed by atoms with Gasteiger partial charge in [-0.1, -0.05) is 42.5 Å². The highest BCUT2D eigenvalue weighted by Gasteiger charge is 2.32. The zero-order valence-electron chi connectivity index (χ0n) is 12.6. The van der Waals surface area contributed by atoms with Crippen LogP contribution >= 0.6 is 0 Å². The molecule has 0 bridgehead atoms. The Bertz CT molecular complexity index is 729. The molecule has 0 N–H and O–H groups in total. The first-order valence-corrected chi connectivity index (χ1v) is 7.40. The lowest BCUT2D eigenvalue weighted by Crippen LogP contribution is -2.50. The first-order valence-electron chi connectivity index (χ1n) is 7.40. The number of benzene rings is 2. The number of aliphatic carboxylic acids is 1. The number of para-hydroxylation sites is 1. The number of hydrogen-bond donors (Lipinski definition) is 0. The lowest BCUT2D eigenvalue weighted by Gasteiger charge is -2.30. The summed E-state index contributed by atoms with van der Waals surface area (Å²) in [5.41, 5.74) is 1.24. The zero-order valence-corrected chi connectivity index (χ0v) is 12.6. The maximum Gasteiger partial charge on any atom is 0.258 e. The highest BCUT2D eigenvalue weighted by atomic mass is 16.5. The van der Waals surface area contributed by atoms with Gasteiger partial charge in [-0.25, -0.2) is 0 Å². The number of nitrogens with zero attached hydrogens (tertiary/aromatic N) is 1. The number of carbonyl (C=O) groups excluding carboxylic acids is 2. The van der Waals surface area contributed by atoms with E-state index in [2.05, 4.69) is 0 Å². The molecule has 0 saturated heterocycles. The largest absolute Gasteiger partial charge is 0.548 e. The molecule has 2 atom stereocenters. The number of carboxylic acids is 1. The van der Waals surface area contributed by atoms with E-state index >= 15 is 0 Å². The molecule has 1 amide bonds. The van der Waals surface area contributed by atoms with Gasteiger partial charge in [0, 0.05) is 0 Å². The minimum Gasteiger partial charge on any atom is -0.548 e. The molecule has 23 heavy (non-hydrogen) atoms. The Morgan fingerprint density at radius 2 is 1.83 bits per heavy atom. The molecule has 0 aliphatic carbocycles. The molecule has 2 aromatic carbocycles. The van der Waals surface area contributed by atoms with Gasteiger partial charge in [-0.3, -0.25) is 4.79 Å². The number of carboxylic acid groups (broad SMARTS) is 1. The molecule has 2 aromatic rings. The second-order valence-electron chi connectivity index (χ2n) is 5.47. The van der Waals surface area contributed by atoms with Gasteiger partial charge in [-0.15, -0.1) is 0 Å². The predicted molar refractivity (Wildman–Crippen MR) is 81.8 cm³/mol. The van der Waals surface area contributed by atoms with Crippen molar-refractivity contribution in [3.8, 4) is 5.75 Å². The smallest absolute Gasteiger partial charge is 0.258 e. The molecule has 1 aliphatic heterocycles. The van der Waals surface area contributed by atoms with Gasteiger partial charge in [-0.2, -0.15) is 0 Å². The van der Waals surface area contributed by atoms with Gasteiger partial charge < -0.3 is 19.5 Å². The quantitative estimate of drug-likeness (QED) is 0.859. The molecule has 0 saturated carbocycles. The standard InChI is InChI=1S/C18H17NO4/c1-12(18(21)22)19-11-16(13-7-3-2-4-8-13)23-15-10-6-5-9-14(15)17(19)20/h2-10,12,16H,11H2,1H3,(H,21,22)/p-1. The van der Waals surface area contributed by atoms with E-state index < -0.39 is 18.1 Å². The molecule has 0 radical (unpaired) electrons.